The zero-order chi connectivity index (χ0) is 28.3. The molecule has 9 nitrogen and oxygen atoms in total. The maximum Gasteiger partial charge on any atom is 0.331 e. The standard InChI is InChI=1S/C29H35N5O4S/c1-5-11-33(12-6-2)27(35)22-15-21-8-7-19(16-24(21)31-26(30)18-22)20-9-10-23-25(17-20)32(3)29(37)34(28(23)36)13-14-39(4)38/h7-10,15-17H,5-6,11-14,18H2,1-4H3,(H2,30,31). The summed E-state index contributed by atoms with van der Waals surface area (Å²) in [6.45, 7) is 5.60. The monoisotopic (exact) mass is 549 g/mol. The van der Waals surface area contributed by atoms with Gasteiger partial charge in [0.2, 0.25) is 5.91 Å². The Morgan fingerprint density at radius 3 is 2.41 bits per heavy atom. The first-order chi connectivity index (χ1) is 18.6. The summed E-state index contributed by atoms with van der Waals surface area (Å²) >= 11 is 0. The summed E-state index contributed by atoms with van der Waals surface area (Å²) in [4.78, 5) is 45.7. The molecule has 0 saturated carbocycles. The van der Waals surface area contributed by atoms with E-state index in [4.69, 9.17) is 5.73 Å². The SMILES string of the molecule is CCCN(CCC)C(=O)C1=Cc2ccc(-c3ccc4c(=O)n(CCS(C)=O)c(=O)n(C)c4c3)cc2N=C(N)C1. The Morgan fingerprint density at radius 2 is 1.74 bits per heavy atom. The van der Waals surface area contributed by atoms with E-state index in [-0.39, 0.29) is 24.6 Å². The Morgan fingerprint density at radius 1 is 1.08 bits per heavy atom. The molecule has 1 unspecified atom stereocenters. The van der Waals surface area contributed by atoms with Crippen LogP contribution in [0.5, 0.6) is 0 Å². The van der Waals surface area contributed by atoms with Crippen molar-refractivity contribution in [3.05, 3.63) is 68.4 Å². The molecule has 206 valence electrons. The molecule has 0 spiro atoms. The van der Waals surface area contributed by atoms with Gasteiger partial charge in [-0.25, -0.2) is 9.79 Å². The number of nitrogens with zero attached hydrogens (tertiary/aromatic N) is 4. The molecule has 1 atom stereocenters. The second-order valence-corrected chi connectivity index (χ2v) is 11.4. The summed E-state index contributed by atoms with van der Waals surface area (Å²) < 4.78 is 14.1. The van der Waals surface area contributed by atoms with E-state index in [0.717, 1.165) is 34.1 Å². The van der Waals surface area contributed by atoms with E-state index in [1.54, 1.807) is 19.4 Å². The molecule has 2 N–H and O–H groups in total. The van der Waals surface area contributed by atoms with E-state index >= 15 is 0 Å². The van der Waals surface area contributed by atoms with Gasteiger partial charge in [0, 0.05) is 67.0 Å². The fraction of sp³-hybridized carbons (Fsp3) is 0.379. The van der Waals surface area contributed by atoms with Crippen LogP contribution in [0.4, 0.5) is 5.69 Å². The molecule has 0 aliphatic carbocycles. The average Bonchev–Trinajstić information content (AvgIpc) is 3.08. The van der Waals surface area contributed by atoms with E-state index in [2.05, 4.69) is 18.8 Å². The number of rotatable bonds is 9. The Kier molecular flexibility index (Phi) is 8.64. The lowest BCUT2D eigenvalue weighted by molar-refractivity contribution is -0.127. The highest BCUT2D eigenvalue weighted by Gasteiger charge is 2.21. The second kappa shape index (κ2) is 11.9. The molecule has 10 heteroatoms. The molecule has 39 heavy (non-hydrogen) atoms. The van der Waals surface area contributed by atoms with Gasteiger partial charge in [0.05, 0.1) is 16.6 Å². The number of amides is 1. The van der Waals surface area contributed by atoms with Crippen LogP contribution >= 0.6 is 0 Å². The van der Waals surface area contributed by atoms with Gasteiger partial charge in [-0.15, -0.1) is 0 Å². The minimum Gasteiger partial charge on any atom is -0.387 e. The zero-order valence-corrected chi connectivity index (χ0v) is 23.7. The number of benzene rings is 2. The fourth-order valence-corrected chi connectivity index (χ4v) is 5.31. The molecule has 1 aliphatic rings. The van der Waals surface area contributed by atoms with Gasteiger partial charge >= 0.3 is 5.69 Å². The number of hydrogen-bond donors (Lipinski definition) is 1. The van der Waals surface area contributed by atoms with Crippen LogP contribution in [0.3, 0.4) is 0 Å². The van der Waals surface area contributed by atoms with Gasteiger partial charge in [0.25, 0.3) is 5.56 Å². The molecule has 2 heterocycles. The van der Waals surface area contributed by atoms with Gasteiger partial charge in [-0.3, -0.25) is 22.9 Å². The van der Waals surface area contributed by atoms with Crippen LogP contribution in [0.1, 0.15) is 38.7 Å². The highest BCUT2D eigenvalue weighted by atomic mass is 32.2. The lowest BCUT2D eigenvalue weighted by Crippen LogP contribution is -2.40. The Hall–Kier alpha value is -3.79. The minimum absolute atomic E-state index is 0.0138. The first-order valence-corrected chi connectivity index (χ1v) is 14.9. The number of carbonyl (C=O) groups excluding carboxylic acids is 1. The van der Waals surface area contributed by atoms with Crippen molar-refractivity contribution in [2.45, 2.75) is 39.7 Å². The predicted octanol–water partition coefficient (Wildman–Crippen LogP) is 3.17. The van der Waals surface area contributed by atoms with Crippen LogP contribution in [0.2, 0.25) is 0 Å². The van der Waals surface area contributed by atoms with E-state index in [1.165, 1.54) is 4.57 Å². The lowest BCUT2D eigenvalue weighted by atomic mass is 10.00. The van der Waals surface area contributed by atoms with Crippen molar-refractivity contribution in [1.82, 2.24) is 14.0 Å². The molecule has 4 rings (SSSR count). The van der Waals surface area contributed by atoms with Crippen LogP contribution < -0.4 is 17.0 Å². The van der Waals surface area contributed by atoms with Crippen molar-refractivity contribution in [1.29, 1.82) is 0 Å². The summed E-state index contributed by atoms with van der Waals surface area (Å²) in [6.07, 6.45) is 5.46. The quantitative estimate of drug-likeness (QED) is 0.440. The van der Waals surface area contributed by atoms with Gasteiger partial charge in [0.15, 0.2) is 0 Å². The largest absolute Gasteiger partial charge is 0.387 e. The minimum atomic E-state index is -1.12. The van der Waals surface area contributed by atoms with Crippen molar-refractivity contribution in [3.63, 3.8) is 0 Å². The molecule has 1 aliphatic heterocycles. The Bertz CT molecular complexity index is 1630. The number of fused-ring (bicyclic) bond motifs is 2. The van der Waals surface area contributed by atoms with E-state index < -0.39 is 22.0 Å². The third-order valence-corrected chi connectivity index (χ3v) is 7.59. The van der Waals surface area contributed by atoms with Crippen molar-refractivity contribution in [3.8, 4) is 11.1 Å². The van der Waals surface area contributed by atoms with E-state index in [9.17, 15) is 18.6 Å². The van der Waals surface area contributed by atoms with Crippen LogP contribution in [-0.2, 0) is 29.2 Å². The van der Waals surface area contributed by atoms with E-state index in [0.29, 0.717) is 41.1 Å². The molecule has 1 aromatic heterocycles. The third-order valence-electron chi connectivity index (χ3n) is 6.83. The van der Waals surface area contributed by atoms with Crippen LogP contribution in [0.15, 0.2) is 56.6 Å². The van der Waals surface area contributed by atoms with Gasteiger partial charge in [-0.05, 0) is 48.2 Å². The number of aromatic nitrogens is 2. The van der Waals surface area contributed by atoms with Gasteiger partial charge < -0.3 is 10.6 Å². The van der Waals surface area contributed by atoms with Crippen molar-refractivity contribution in [2.24, 2.45) is 17.8 Å². The van der Waals surface area contributed by atoms with E-state index in [1.807, 2.05) is 41.3 Å². The Labute approximate surface area is 230 Å². The van der Waals surface area contributed by atoms with Crippen LogP contribution in [0.25, 0.3) is 28.1 Å². The lowest BCUT2D eigenvalue weighted by Gasteiger charge is -2.22. The van der Waals surface area contributed by atoms with Gasteiger partial charge in [-0.1, -0.05) is 32.0 Å². The first kappa shape index (κ1) is 28.2. The summed E-state index contributed by atoms with van der Waals surface area (Å²) in [7, 11) is 0.505. The zero-order valence-electron chi connectivity index (χ0n) is 22.9. The molecular formula is C29H35N5O4S. The molecule has 0 saturated heterocycles. The average molecular weight is 550 g/mol. The highest BCUT2D eigenvalue weighted by Crippen LogP contribution is 2.32. The van der Waals surface area contributed by atoms with Crippen molar-refractivity contribution >= 4 is 45.2 Å². The third kappa shape index (κ3) is 5.95. The molecule has 2 aromatic carbocycles. The number of hydrogen-bond acceptors (Lipinski definition) is 6. The summed E-state index contributed by atoms with van der Waals surface area (Å²) in [5.41, 5.74) is 9.64. The molecular weight excluding hydrogens is 514 g/mol. The predicted molar refractivity (Wildman–Crippen MR) is 159 cm³/mol. The van der Waals surface area contributed by atoms with Crippen molar-refractivity contribution in [2.75, 3.05) is 25.1 Å². The number of aliphatic imine (C=N–C) groups is 1. The summed E-state index contributed by atoms with van der Waals surface area (Å²) in [5.74, 6) is 0.585. The van der Waals surface area contributed by atoms with Gasteiger partial charge in [-0.2, -0.15) is 0 Å². The normalized spacial score (nSPS) is 13.8. The number of aryl methyl sites for hydroxylation is 1. The molecule has 0 radical (unpaired) electrons. The fourth-order valence-electron chi connectivity index (χ4n) is 4.87. The highest BCUT2D eigenvalue weighted by molar-refractivity contribution is 7.84. The first-order valence-electron chi connectivity index (χ1n) is 13.2. The molecule has 3 aromatic rings. The van der Waals surface area contributed by atoms with Gasteiger partial charge in [0.1, 0.15) is 5.84 Å². The molecule has 0 bridgehead atoms. The maximum absolute atomic E-state index is 13.3. The van der Waals surface area contributed by atoms with Crippen molar-refractivity contribution < 1.29 is 9.00 Å². The number of amidine groups is 1. The molecule has 0 fully saturated rings. The maximum atomic E-state index is 13.3. The van der Waals surface area contributed by atoms with Crippen LogP contribution in [-0.4, -0.2) is 55.1 Å². The topological polar surface area (TPSA) is 120 Å². The number of nitrogens with two attached hydrogens (primary N) is 1. The summed E-state index contributed by atoms with van der Waals surface area (Å²) in [5, 5.41) is 0.412. The second-order valence-electron chi connectivity index (χ2n) is 9.82. The van der Waals surface area contributed by atoms with Crippen LogP contribution in [0, 0.1) is 0 Å². The smallest absolute Gasteiger partial charge is 0.331 e. The Balaban J connectivity index is 1.74. The molecule has 1 amide bonds. The number of carbonyl (C=O) groups is 1. The summed E-state index contributed by atoms with van der Waals surface area (Å²) in [6, 6.07) is 11.1.